The van der Waals surface area contributed by atoms with Crippen LogP contribution in [0, 0.1) is 11.7 Å². The van der Waals surface area contributed by atoms with Crippen molar-refractivity contribution < 1.29 is 4.39 Å². The molecule has 0 heterocycles. The van der Waals surface area contributed by atoms with Crippen molar-refractivity contribution >= 4 is 0 Å². The Morgan fingerprint density at radius 3 is 2.23 bits per heavy atom. The highest BCUT2D eigenvalue weighted by Gasteiger charge is 2.23. The highest BCUT2D eigenvalue weighted by Crippen LogP contribution is 2.41. The lowest BCUT2D eigenvalue weighted by molar-refractivity contribution is 0.303. The summed E-state index contributed by atoms with van der Waals surface area (Å²) in [5.74, 6) is 1.39. The maximum Gasteiger partial charge on any atom is 0.123 e. The van der Waals surface area contributed by atoms with Crippen molar-refractivity contribution in [3.05, 3.63) is 84.2 Å². The zero-order chi connectivity index (χ0) is 20.8. The van der Waals surface area contributed by atoms with E-state index in [0.29, 0.717) is 5.92 Å². The van der Waals surface area contributed by atoms with E-state index in [-0.39, 0.29) is 5.82 Å². The monoisotopic (exact) mass is 400 g/mol. The molecule has 1 aliphatic rings. The van der Waals surface area contributed by atoms with Crippen molar-refractivity contribution in [2.24, 2.45) is 5.92 Å². The van der Waals surface area contributed by atoms with E-state index in [1.165, 1.54) is 74.1 Å². The fourth-order valence-electron chi connectivity index (χ4n) is 5.05. The van der Waals surface area contributed by atoms with Crippen LogP contribution in [0.15, 0.2) is 72.8 Å². The molecule has 0 bridgehead atoms. The van der Waals surface area contributed by atoms with Gasteiger partial charge in [0.15, 0.2) is 0 Å². The van der Waals surface area contributed by atoms with E-state index in [1.54, 1.807) is 12.1 Å². The maximum atomic E-state index is 13.9. The average molecular weight is 401 g/mol. The van der Waals surface area contributed by atoms with E-state index in [2.05, 4.69) is 55.5 Å². The van der Waals surface area contributed by atoms with E-state index in [4.69, 9.17) is 0 Å². The smallest absolute Gasteiger partial charge is 0.123 e. The summed E-state index contributed by atoms with van der Waals surface area (Å²) in [5.41, 5.74) is 5.91. The normalized spacial score (nSPS) is 19.0. The third kappa shape index (κ3) is 5.01. The molecular formula is C29H33F. The number of rotatable bonds is 7. The summed E-state index contributed by atoms with van der Waals surface area (Å²) in [6, 6.07) is 24.4. The van der Waals surface area contributed by atoms with Gasteiger partial charge in [0.1, 0.15) is 5.82 Å². The molecule has 3 aromatic carbocycles. The Labute approximate surface area is 181 Å². The quantitative estimate of drug-likeness (QED) is 0.347. The van der Waals surface area contributed by atoms with Crippen molar-refractivity contribution in [2.75, 3.05) is 0 Å². The van der Waals surface area contributed by atoms with Gasteiger partial charge in [0, 0.05) is 0 Å². The molecular weight excluding hydrogens is 367 g/mol. The second-order valence-electron chi connectivity index (χ2n) is 8.89. The van der Waals surface area contributed by atoms with E-state index in [9.17, 15) is 4.39 Å². The standard InChI is InChI=1S/C29H33F/c1-2-3-5-9-22-14-16-23(17-15-22)25-18-19-28(26-12-8-13-27(30)20-26)29(21-25)24-10-6-4-7-11-24/h4,6-8,10-13,18-23H,2-3,5,9,14-17H2,1H3. The van der Waals surface area contributed by atoms with Gasteiger partial charge in [0.2, 0.25) is 0 Å². The van der Waals surface area contributed by atoms with Crippen molar-refractivity contribution in [1.82, 2.24) is 0 Å². The number of benzene rings is 3. The second-order valence-corrected chi connectivity index (χ2v) is 8.89. The minimum absolute atomic E-state index is 0.183. The van der Waals surface area contributed by atoms with Gasteiger partial charge >= 0.3 is 0 Å². The molecule has 0 radical (unpaired) electrons. The molecule has 0 atom stereocenters. The first-order chi connectivity index (χ1) is 14.7. The third-order valence-electron chi connectivity index (χ3n) is 6.80. The summed E-state index contributed by atoms with van der Waals surface area (Å²) in [7, 11) is 0. The summed E-state index contributed by atoms with van der Waals surface area (Å²) < 4.78 is 13.9. The Kier molecular flexibility index (Phi) is 7.00. The van der Waals surface area contributed by atoms with Gasteiger partial charge in [-0.2, -0.15) is 0 Å². The molecule has 0 aromatic heterocycles. The van der Waals surface area contributed by atoms with Crippen LogP contribution >= 0.6 is 0 Å². The molecule has 0 unspecified atom stereocenters. The Morgan fingerprint density at radius 1 is 0.733 bits per heavy atom. The topological polar surface area (TPSA) is 0 Å². The summed E-state index contributed by atoms with van der Waals surface area (Å²) in [5, 5.41) is 0. The van der Waals surface area contributed by atoms with E-state index >= 15 is 0 Å². The number of hydrogen-bond acceptors (Lipinski definition) is 0. The number of hydrogen-bond donors (Lipinski definition) is 0. The largest absolute Gasteiger partial charge is 0.207 e. The summed E-state index contributed by atoms with van der Waals surface area (Å²) in [4.78, 5) is 0. The zero-order valence-electron chi connectivity index (χ0n) is 18.1. The molecule has 0 saturated heterocycles. The van der Waals surface area contributed by atoms with Crippen LogP contribution in [-0.4, -0.2) is 0 Å². The molecule has 1 aliphatic carbocycles. The first-order valence-corrected chi connectivity index (χ1v) is 11.7. The van der Waals surface area contributed by atoms with E-state index < -0.39 is 0 Å². The van der Waals surface area contributed by atoms with Gasteiger partial charge in [-0.25, -0.2) is 4.39 Å². The van der Waals surface area contributed by atoms with Gasteiger partial charge in [0.05, 0.1) is 0 Å². The molecule has 0 spiro atoms. The lowest BCUT2D eigenvalue weighted by Gasteiger charge is -2.29. The average Bonchev–Trinajstić information content (AvgIpc) is 2.80. The van der Waals surface area contributed by atoms with Crippen LogP contribution in [0.1, 0.15) is 69.8 Å². The van der Waals surface area contributed by atoms with Crippen molar-refractivity contribution in [2.45, 2.75) is 64.2 Å². The molecule has 1 fully saturated rings. The lowest BCUT2D eigenvalue weighted by Crippen LogP contribution is -2.13. The Bertz CT molecular complexity index is 936. The van der Waals surface area contributed by atoms with Gasteiger partial charge in [-0.05, 0) is 77.5 Å². The highest BCUT2D eigenvalue weighted by molar-refractivity contribution is 5.84. The molecule has 156 valence electrons. The van der Waals surface area contributed by atoms with Gasteiger partial charge in [-0.15, -0.1) is 0 Å². The fourth-order valence-corrected chi connectivity index (χ4v) is 5.05. The molecule has 0 N–H and O–H groups in total. The minimum atomic E-state index is -0.183. The van der Waals surface area contributed by atoms with Crippen LogP contribution in [-0.2, 0) is 0 Å². The molecule has 4 rings (SSSR count). The third-order valence-corrected chi connectivity index (χ3v) is 6.80. The summed E-state index contributed by atoms with van der Waals surface area (Å²) in [6.45, 7) is 2.29. The van der Waals surface area contributed by atoms with Crippen LogP contribution in [0.5, 0.6) is 0 Å². The van der Waals surface area contributed by atoms with E-state index in [0.717, 1.165) is 17.0 Å². The molecule has 0 amide bonds. The van der Waals surface area contributed by atoms with Crippen LogP contribution in [0.2, 0.25) is 0 Å². The van der Waals surface area contributed by atoms with Gasteiger partial charge in [0.25, 0.3) is 0 Å². The first-order valence-electron chi connectivity index (χ1n) is 11.7. The Morgan fingerprint density at radius 2 is 1.50 bits per heavy atom. The highest BCUT2D eigenvalue weighted by atomic mass is 19.1. The zero-order valence-corrected chi connectivity index (χ0v) is 18.1. The SMILES string of the molecule is CCCCCC1CCC(c2ccc(-c3cccc(F)c3)c(-c3ccccc3)c2)CC1. The van der Waals surface area contributed by atoms with Crippen molar-refractivity contribution in [3.63, 3.8) is 0 Å². The van der Waals surface area contributed by atoms with Gasteiger partial charge in [-0.1, -0.05) is 93.3 Å². The predicted molar refractivity (Wildman–Crippen MR) is 126 cm³/mol. The van der Waals surface area contributed by atoms with Gasteiger partial charge < -0.3 is 0 Å². The van der Waals surface area contributed by atoms with Crippen LogP contribution in [0.3, 0.4) is 0 Å². The second kappa shape index (κ2) is 10.1. The van der Waals surface area contributed by atoms with Crippen LogP contribution < -0.4 is 0 Å². The fraction of sp³-hybridized carbons (Fsp3) is 0.379. The Hall–Kier alpha value is -2.41. The van der Waals surface area contributed by atoms with Crippen molar-refractivity contribution in [3.8, 4) is 22.3 Å². The number of halogens is 1. The molecule has 1 heteroatoms. The van der Waals surface area contributed by atoms with Gasteiger partial charge in [-0.3, -0.25) is 0 Å². The molecule has 1 saturated carbocycles. The van der Waals surface area contributed by atoms with Crippen LogP contribution in [0.4, 0.5) is 4.39 Å². The predicted octanol–water partition coefficient (Wildman–Crippen LogP) is 9.01. The Balaban J connectivity index is 1.59. The van der Waals surface area contributed by atoms with E-state index in [1.807, 2.05) is 6.07 Å². The first kappa shape index (κ1) is 20.8. The summed E-state index contributed by atoms with van der Waals surface area (Å²) >= 11 is 0. The molecule has 30 heavy (non-hydrogen) atoms. The van der Waals surface area contributed by atoms with Crippen LogP contribution in [0.25, 0.3) is 22.3 Å². The number of unbranched alkanes of at least 4 members (excludes halogenated alkanes) is 2. The van der Waals surface area contributed by atoms with Crippen molar-refractivity contribution in [1.29, 1.82) is 0 Å². The minimum Gasteiger partial charge on any atom is -0.207 e. The molecule has 0 nitrogen and oxygen atoms in total. The molecule has 0 aliphatic heterocycles. The lowest BCUT2D eigenvalue weighted by atomic mass is 9.76. The maximum absolute atomic E-state index is 13.9. The summed E-state index contributed by atoms with van der Waals surface area (Å²) in [6.07, 6.45) is 10.8. The molecule has 3 aromatic rings.